The Kier molecular flexibility index (Phi) is 5.37. The molecule has 2 aromatic rings. The fraction of sp³-hybridized carbons (Fsp3) is 0.542. The Hall–Kier alpha value is -2.97. The average molecular weight is 459 g/mol. The van der Waals surface area contributed by atoms with Gasteiger partial charge in [-0.25, -0.2) is 9.18 Å². The van der Waals surface area contributed by atoms with Crippen LogP contribution < -0.4 is 9.47 Å². The van der Waals surface area contributed by atoms with Gasteiger partial charge in [0.05, 0.1) is 6.61 Å². The summed E-state index contributed by atoms with van der Waals surface area (Å²) >= 11 is 0. The number of halogens is 2. The normalized spacial score (nSPS) is 24.6. The van der Waals surface area contributed by atoms with E-state index >= 15 is 0 Å². The smallest absolute Gasteiger partial charge is 0.410 e. The van der Waals surface area contributed by atoms with Gasteiger partial charge in [-0.1, -0.05) is 13.0 Å². The molecule has 0 N–H and O–H groups in total. The van der Waals surface area contributed by atoms with Gasteiger partial charge < -0.3 is 19.1 Å². The summed E-state index contributed by atoms with van der Waals surface area (Å²) in [6.07, 6.45) is 5.05. The molecule has 0 bridgehead atoms. The van der Waals surface area contributed by atoms with Gasteiger partial charge in [-0.05, 0) is 62.6 Å². The second kappa shape index (κ2) is 8.11. The van der Waals surface area contributed by atoms with Crippen LogP contribution in [0.25, 0.3) is 0 Å². The number of carbonyl (C=O) groups is 1. The minimum absolute atomic E-state index is 0.0965. The fourth-order valence-electron chi connectivity index (χ4n) is 4.35. The van der Waals surface area contributed by atoms with Gasteiger partial charge >= 0.3 is 6.09 Å². The molecule has 0 spiro atoms. The van der Waals surface area contributed by atoms with Crippen molar-refractivity contribution in [3.05, 3.63) is 41.7 Å². The molecule has 1 aromatic carbocycles. The van der Waals surface area contributed by atoms with Gasteiger partial charge in [-0.3, -0.25) is 0 Å². The maximum Gasteiger partial charge on any atom is 0.410 e. The zero-order chi connectivity index (χ0) is 23.2. The van der Waals surface area contributed by atoms with Gasteiger partial charge in [-0.2, -0.15) is 14.4 Å². The molecule has 2 saturated carbocycles. The predicted octanol–water partition coefficient (Wildman–Crippen LogP) is 4.89. The molecule has 33 heavy (non-hydrogen) atoms. The lowest BCUT2D eigenvalue weighted by molar-refractivity contribution is 0.0437. The summed E-state index contributed by atoms with van der Waals surface area (Å²) in [4.78, 5) is 21.8. The number of benzene rings is 1. The molecule has 5 rings (SSSR count). The number of amides is 1. The first-order valence-electron chi connectivity index (χ1n) is 11.4. The number of rotatable bonds is 7. The highest BCUT2D eigenvalue weighted by Crippen LogP contribution is 2.58. The topological polar surface area (TPSA) is 73.8 Å². The van der Waals surface area contributed by atoms with Gasteiger partial charge in [0.2, 0.25) is 5.82 Å². The highest BCUT2D eigenvalue weighted by atomic mass is 19.1. The quantitative estimate of drug-likeness (QED) is 0.587. The van der Waals surface area contributed by atoms with E-state index in [0.29, 0.717) is 19.5 Å². The lowest BCUT2D eigenvalue weighted by atomic mass is 9.96. The van der Waals surface area contributed by atoms with E-state index < -0.39 is 11.6 Å². The van der Waals surface area contributed by atoms with Crippen LogP contribution in [0.15, 0.2) is 24.5 Å². The van der Waals surface area contributed by atoms with E-state index in [-0.39, 0.29) is 47.1 Å². The molecule has 2 atom stereocenters. The monoisotopic (exact) mass is 459 g/mol. The molecular formula is C24H27F2N3O4. The summed E-state index contributed by atoms with van der Waals surface area (Å²) in [7, 11) is 0. The second-order valence-electron chi connectivity index (χ2n) is 9.58. The number of carbonyl (C=O) groups excluding carboxylic acids is 1. The van der Waals surface area contributed by atoms with Gasteiger partial charge in [0.15, 0.2) is 11.6 Å². The second-order valence-corrected chi connectivity index (χ2v) is 9.58. The molecule has 3 fully saturated rings. The van der Waals surface area contributed by atoms with E-state index in [1.807, 2.05) is 13.8 Å². The van der Waals surface area contributed by atoms with Gasteiger partial charge in [0.25, 0.3) is 11.8 Å². The third kappa shape index (κ3) is 4.45. The maximum atomic E-state index is 14.9. The summed E-state index contributed by atoms with van der Waals surface area (Å²) in [5, 5.41) is 0. The fourth-order valence-corrected chi connectivity index (χ4v) is 4.35. The Morgan fingerprint density at radius 2 is 2.00 bits per heavy atom. The number of piperidine rings is 1. The first kappa shape index (κ1) is 21.9. The van der Waals surface area contributed by atoms with Gasteiger partial charge in [0.1, 0.15) is 11.9 Å². The number of hydrogen-bond acceptors (Lipinski definition) is 6. The minimum atomic E-state index is -0.872. The number of hydrogen-bond donors (Lipinski definition) is 0. The molecule has 2 heterocycles. The summed E-state index contributed by atoms with van der Waals surface area (Å²) in [6, 6.07) is 4.52. The van der Waals surface area contributed by atoms with Crippen molar-refractivity contribution in [2.45, 2.75) is 51.6 Å². The lowest BCUT2D eigenvalue weighted by Gasteiger charge is -2.31. The van der Waals surface area contributed by atoms with Crippen LogP contribution in [0.4, 0.5) is 13.6 Å². The molecule has 9 heteroatoms. The van der Waals surface area contributed by atoms with Crippen LogP contribution in [0.3, 0.4) is 0 Å². The molecule has 2 aliphatic carbocycles. The van der Waals surface area contributed by atoms with Crippen LogP contribution in [0.5, 0.6) is 17.5 Å². The Morgan fingerprint density at radius 1 is 1.21 bits per heavy atom. The molecule has 1 aliphatic heterocycles. The largest absolute Gasteiger partial charge is 0.475 e. The Bertz CT molecular complexity index is 1080. The Labute approximate surface area is 191 Å². The summed E-state index contributed by atoms with van der Waals surface area (Å²) in [6.45, 7) is 5.35. The van der Waals surface area contributed by atoms with Gasteiger partial charge in [-0.15, -0.1) is 0 Å². The van der Waals surface area contributed by atoms with Crippen molar-refractivity contribution in [3.63, 3.8) is 0 Å². The van der Waals surface area contributed by atoms with Crippen LogP contribution in [0.1, 0.15) is 45.1 Å². The zero-order valence-electron chi connectivity index (χ0n) is 18.8. The summed E-state index contributed by atoms with van der Waals surface area (Å²) < 4.78 is 45.8. The number of fused-ring (bicyclic) bond motifs is 1. The van der Waals surface area contributed by atoms with Crippen LogP contribution in [-0.2, 0) is 11.2 Å². The number of ether oxygens (including phenoxy) is 3. The van der Waals surface area contributed by atoms with Crippen LogP contribution in [0.2, 0.25) is 0 Å². The number of aryl methyl sites for hydroxylation is 1. The van der Waals surface area contributed by atoms with Crippen molar-refractivity contribution in [1.82, 2.24) is 14.9 Å². The van der Waals surface area contributed by atoms with E-state index in [0.717, 1.165) is 37.6 Å². The van der Waals surface area contributed by atoms with Crippen molar-refractivity contribution in [3.8, 4) is 17.5 Å². The third-order valence-corrected chi connectivity index (χ3v) is 7.06. The maximum absolute atomic E-state index is 14.9. The van der Waals surface area contributed by atoms with Crippen molar-refractivity contribution >= 4 is 6.09 Å². The first-order chi connectivity index (χ1) is 15.8. The summed E-state index contributed by atoms with van der Waals surface area (Å²) in [5.74, 6) is -1.90. The van der Waals surface area contributed by atoms with Crippen molar-refractivity contribution in [2.24, 2.45) is 11.3 Å². The molecule has 1 aromatic heterocycles. The minimum Gasteiger partial charge on any atom is -0.475 e. The van der Waals surface area contributed by atoms with E-state index in [2.05, 4.69) is 9.97 Å². The lowest BCUT2D eigenvalue weighted by Crippen LogP contribution is -2.42. The Balaban J connectivity index is 1.19. The SMILES string of the molecule is CCc1ccc(Oc2ncnc(OCC34CCN(C(=O)OC5(C)CC5)CC3C4)c2F)c(F)c1. The first-order valence-corrected chi connectivity index (χ1v) is 11.4. The molecule has 1 amide bonds. The molecule has 3 aliphatic rings. The van der Waals surface area contributed by atoms with E-state index in [4.69, 9.17) is 14.2 Å². The molecule has 7 nitrogen and oxygen atoms in total. The predicted molar refractivity (Wildman–Crippen MR) is 114 cm³/mol. The van der Waals surface area contributed by atoms with Crippen LogP contribution >= 0.6 is 0 Å². The molecule has 2 unspecified atom stereocenters. The van der Waals surface area contributed by atoms with E-state index in [1.165, 1.54) is 12.1 Å². The molecule has 1 saturated heterocycles. The Morgan fingerprint density at radius 3 is 2.70 bits per heavy atom. The van der Waals surface area contributed by atoms with Crippen molar-refractivity contribution in [2.75, 3.05) is 19.7 Å². The number of aromatic nitrogens is 2. The third-order valence-electron chi connectivity index (χ3n) is 7.06. The van der Waals surface area contributed by atoms with E-state index in [1.54, 1.807) is 11.0 Å². The molecule has 0 radical (unpaired) electrons. The zero-order valence-corrected chi connectivity index (χ0v) is 18.8. The van der Waals surface area contributed by atoms with Crippen LogP contribution in [-0.4, -0.2) is 46.3 Å². The molecular weight excluding hydrogens is 432 g/mol. The highest BCUT2D eigenvalue weighted by molar-refractivity contribution is 5.69. The summed E-state index contributed by atoms with van der Waals surface area (Å²) in [5.41, 5.74) is 0.427. The van der Waals surface area contributed by atoms with Crippen molar-refractivity contribution < 1.29 is 27.8 Å². The highest BCUT2D eigenvalue weighted by Gasteiger charge is 2.58. The van der Waals surface area contributed by atoms with Crippen LogP contribution in [0, 0.1) is 23.0 Å². The van der Waals surface area contributed by atoms with Gasteiger partial charge in [0, 0.05) is 18.5 Å². The number of likely N-dealkylation sites (tertiary alicyclic amines) is 1. The van der Waals surface area contributed by atoms with Crippen molar-refractivity contribution in [1.29, 1.82) is 0 Å². The average Bonchev–Trinajstić information content (AvgIpc) is 3.71. The standard InChI is InChI=1S/C24H27F2N3O4/c1-3-15-4-5-18(17(25)10-15)32-21-19(26)20(27-14-28-21)31-13-24-8-9-29(12-16(24)11-24)22(30)33-23(2)6-7-23/h4-5,10,14,16H,3,6-9,11-13H2,1-2H3. The molecule has 176 valence electrons. The van der Waals surface area contributed by atoms with E-state index in [9.17, 15) is 13.6 Å². The number of nitrogens with zero attached hydrogens (tertiary/aromatic N) is 3.